The third-order valence-electron chi connectivity index (χ3n) is 3.53. The molecule has 1 aromatic rings. The molecule has 0 radical (unpaired) electrons. The first kappa shape index (κ1) is 20.1. The van der Waals surface area contributed by atoms with E-state index in [9.17, 15) is 0 Å². The quantitative estimate of drug-likeness (QED) is 0.386. The molecule has 0 spiro atoms. The van der Waals surface area contributed by atoms with E-state index in [4.69, 9.17) is 9.26 Å². The van der Waals surface area contributed by atoms with Crippen LogP contribution in [0.2, 0.25) is 0 Å². The first-order valence-corrected chi connectivity index (χ1v) is 7.82. The number of aryl methyl sites for hydroxylation is 1. The fraction of sp³-hybridized carbons (Fsp3) is 0.786. The van der Waals surface area contributed by atoms with Crippen molar-refractivity contribution in [1.82, 2.24) is 25.7 Å². The molecular weight excluding hydrogens is 411 g/mol. The monoisotopic (exact) mass is 438 g/mol. The Hall–Kier alpha value is -0.940. The van der Waals surface area contributed by atoms with Gasteiger partial charge in [0.1, 0.15) is 6.54 Å². The fourth-order valence-electron chi connectivity index (χ4n) is 2.29. The molecule has 23 heavy (non-hydrogen) atoms. The molecule has 2 heterocycles. The minimum atomic E-state index is 0. The SMILES string of the molecule is CCNC(=NCc1noc(C)n1)NCC(C)N1CCOCC1.I. The number of hydrogen-bond acceptors (Lipinski definition) is 6. The van der Waals surface area contributed by atoms with E-state index in [-0.39, 0.29) is 24.0 Å². The van der Waals surface area contributed by atoms with Crippen LogP contribution in [-0.2, 0) is 11.3 Å². The van der Waals surface area contributed by atoms with Crippen molar-refractivity contribution in [2.24, 2.45) is 4.99 Å². The molecule has 0 aromatic carbocycles. The normalized spacial score (nSPS) is 17.4. The molecule has 8 nitrogen and oxygen atoms in total. The number of halogens is 1. The van der Waals surface area contributed by atoms with Gasteiger partial charge in [-0.2, -0.15) is 4.98 Å². The first-order chi connectivity index (χ1) is 10.7. The minimum Gasteiger partial charge on any atom is -0.379 e. The maximum absolute atomic E-state index is 5.38. The number of aliphatic imine (C=N–C) groups is 1. The molecule has 1 fully saturated rings. The summed E-state index contributed by atoms with van der Waals surface area (Å²) in [5.41, 5.74) is 0. The van der Waals surface area contributed by atoms with Crippen LogP contribution in [0, 0.1) is 6.92 Å². The Labute approximate surface area is 154 Å². The van der Waals surface area contributed by atoms with Crippen molar-refractivity contribution in [3.8, 4) is 0 Å². The van der Waals surface area contributed by atoms with Crippen molar-refractivity contribution in [2.45, 2.75) is 33.4 Å². The number of ether oxygens (including phenoxy) is 1. The van der Waals surface area contributed by atoms with Gasteiger partial charge in [-0.05, 0) is 13.8 Å². The average molecular weight is 438 g/mol. The van der Waals surface area contributed by atoms with Gasteiger partial charge in [0.15, 0.2) is 11.8 Å². The molecule has 0 bridgehead atoms. The Kier molecular flexibility index (Phi) is 9.41. The lowest BCUT2D eigenvalue weighted by molar-refractivity contribution is 0.0211. The van der Waals surface area contributed by atoms with E-state index < -0.39 is 0 Å². The van der Waals surface area contributed by atoms with Crippen LogP contribution >= 0.6 is 24.0 Å². The Morgan fingerprint density at radius 3 is 2.70 bits per heavy atom. The van der Waals surface area contributed by atoms with Crippen molar-refractivity contribution in [2.75, 3.05) is 39.4 Å². The summed E-state index contributed by atoms with van der Waals surface area (Å²) in [4.78, 5) is 11.0. The topological polar surface area (TPSA) is 87.8 Å². The van der Waals surface area contributed by atoms with Crippen LogP contribution in [-0.4, -0.2) is 66.4 Å². The van der Waals surface area contributed by atoms with Crippen LogP contribution in [0.25, 0.3) is 0 Å². The molecule has 1 aliphatic rings. The molecule has 0 amide bonds. The van der Waals surface area contributed by atoms with Gasteiger partial charge >= 0.3 is 0 Å². The molecule has 0 aliphatic carbocycles. The molecule has 2 N–H and O–H groups in total. The number of rotatable bonds is 6. The van der Waals surface area contributed by atoms with Gasteiger partial charge < -0.3 is 19.9 Å². The highest BCUT2D eigenvalue weighted by atomic mass is 127. The Morgan fingerprint density at radius 2 is 2.09 bits per heavy atom. The van der Waals surface area contributed by atoms with Crippen molar-refractivity contribution in [3.05, 3.63) is 11.7 Å². The van der Waals surface area contributed by atoms with Crippen LogP contribution in [0.15, 0.2) is 9.52 Å². The number of morpholine rings is 1. The van der Waals surface area contributed by atoms with Gasteiger partial charge in [0.2, 0.25) is 5.89 Å². The van der Waals surface area contributed by atoms with E-state index in [1.54, 1.807) is 6.92 Å². The lowest BCUT2D eigenvalue weighted by Crippen LogP contribution is -2.49. The van der Waals surface area contributed by atoms with Gasteiger partial charge in [0, 0.05) is 39.1 Å². The van der Waals surface area contributed by atoms with Gasteiger partial charge in [-0.3, -0.25) is 4.90 Å². The summed E-state index contributed by atoms with van der Waals surface area (Å²) in [5.74, 6) is 1.92. The summed E-state index contributed by atoms with van der Waals surface area (Å²) in [6.07, 6.45) is 0. The zero-order chi connectivity index (χ0) is 15.8. The van der Waals surface area contributed by atoms with E-state index in [0.717, 1.165) is 45.4 Å². The fourth-order valence-corrected chi connectivity index (χ4v) is 2.29. The number of nitrogens with one attached hydrogen (secondary N) is 2. The second kappa shape index (κ2) is 10.8. The van der Waals surface area contributed by atoms with Crippen LogP contribution in [0.4, 0.5) is 0 Å². The van der Waals surface area contributed by atoms with E-state index in [1.807, 2.05) is 6.92 Å². The van der Waals surface area contributed by atoms with Crippen molar-refractivity contribution >= 4 is 29.9 Å². The predicted molar refractivity (Wildman–Crippen MR) is 99.1 cm³/mol. The summed E-state index contributed by atoms with van der Waals surface area (Å²) < 4.78 is 10.3. The highest BCUT2D eigenvalue weighted by molar-refractivity contribution is 14.0. The highest BCUT2D eigenvalue weighted by Gasteiger charge is 2.17. The zero-order valence-electron chi connectivity index (χ0n) is 14.0. The first-order valence-electron chi connectivity index (χ1n) is 7.82. The largest absolute Gasteiger partial charge is 0.379 e. The number of hydrogen-bond donors (Lipinski definition) is 2. The van der Waals surface area contributed by atoms with Crippen molar-refractivity contribution in [1.29, 1.82) is 0 Å². The predicted octanol–water partition coefficient (Wildman–Crippen LogP) is 0.772. The van der Waals surface area contributed by atoms with Gasteiger partial charge in [-0.1, -0.05) is 5.16 Å². The lowest BCUT2D eigenvalue weighted by atomic mass is 10.2. The van der Waals surface area contributed by atoms with Crippen LogP contribution in [0.5, 0.6) is 0 Å². The number of nitrogens with zero attached hydrogens (tertiary/aromatic N) is 4. The van der Waals surface area contributed by atoms with Crippen molar-refractivity contribution < 1.29 is 9.26 Å². The Balaban J connectivity index is 0.00000264. The second-order valence-corrected chi connectivity index (χ2v) is 5.30. The molecule has 1 saturated heterocycles. The van der Waals surface area contributed by atoms with Crippen LogP contribution < -0.4 is 10.6 Å². The molecule has 2 rings (SSSR count). The molecule has 1 unspecified atom stereocenters. The zero-order valence-corrected chi connectivity index (χ0v) is 16.4. The number of aromatic nitrogens is 2. The molecule has 132 valence electrons. The Bertz CT molecular complexity index is 476. The summed E-state index contributed by atoms with van der Waals surface area (Å²) in [6, 6.07) is 0.431. The molecule has 0 saturated carbocycles. The maximum atomic E-state index is 5.38. The minimum absolute atomic E-state index is 0. The third kappa shape index (κ3) is 7.00. The lowest BCUT2D eigenvalue weighted by Gasteiger charge is -2.32. The molecule has 9 heteroatoms. The van der Waals surface area contributed by atoms with Gasteiger partial charge in [0.05, 0.1) is 13.2 Å². The molecule has 1 aromatic heterocycles. The van der Waals surface area contributed by atoms with E-state index in [0.29, 0.717) is 24.3 Å². The van der Waals surface area contributed by atoms with E-state index in [1.165, 1.54) is 0 Å². The van der Waals surface area contributed by atoms with Crippen LogP contribution in [0.1, 0.15) is 25.6 Å². The van der Waals surface area contributed by atoms with Gasteiger partial charge in [0.25, 0.3) is 0 Å². The number of guanidine groups is 1. The smallest absolute Gasteiger partial charge is 0.223 e. The Morgan fingerprint density at radius 1 is 1.35 bits per heavy atom. The molecule has 1 aliphatic heterocycles. The average Bonchev–Trinajstić information content (AvgIpc) is 2.96. The second-order valence-electron chi connectivity index (χ2n) is 5.30. The van der Waals surface area contributed by atoms with E-state index in [2.05, 4.69) is 37.6 Å². The summed E-state index contributed by atoms with van der Waals surface area (Å²) in [7, 11) is 0. The van der Waals surface area contributed by atoms with Gasteiger partial charge in [-0.25, -0.2) is 4.99 Å². The van der Waals surface area contributed by atoms with Gasteiger partial charge in [-0.15, -0.1) is 24.0 Å². The summed E-state index contributed by atoms with van der Waals surface area (Å²) in [6.45, 7) is 11.7. The van der Waals surface area contributed by atoms with E-state index >= 15 is 0 Å². The summed E-state index contributed by atoms with van der Waals surface area (Å²) >= 11 is 0. The summed E-state index contributed by atoms with van der Waals surface area (Å²) in [5, 5.41) is 10.4. The van der Waals surface area contributed by atoms with Crippen LogP contribution in [0.3, 0.4) is 0 Å². The maximum Gasteiger partial charge on any atom is 0.223 e. The molecule has 1 atom stereocenters. The van der Waals surface area contributed by atoms with Crippen molar-refractivity contribution in [3.63, 3.8) is 0 Å². The standard InChI is InChI=1S/C14H26N6O2.HI/c1-4-15-14(17-10-13-18-12(3)22-19-13)16-9-11(2)20-5-7-21-8-6-20;/h11H,4-10H2,1-3H3,(H2,15,16,17);1H. The highest BCUT2D eigenvalue weighted by Crippen LogP contribution is 2.02. The third-order valence-corrected chi connectivity index (χ3v) is 3.53. The molecular formula is C14H27IN6O2.